The largest absolute Gasteiger partial charge is 0.328 e. The van der Waals surface area contributed by atoms with Crippen molar-refractivity contribution in [1.82, 2.24) is 4.31 Å². The van der Waals surface area contributed by atoms with Crippen LogP contribution in [0.2, 0.25) is 0 Å². The average molecular weight is 252 g/mol. The van der Waals surface area contributed by atoms with E-state index >= 15 is 0 Å². The molecule has 1 unspecified atom stereocenters. The molecule has 1 heterocycles. The maximum absolute atomic E-state index is 12.3. The Morgan fingerprint density at radius 3 is 2.41 bits per heavy atom. The molecule has 3 nitrogen and oxygen atoms in total. The Morgan fingerprint density at radius 1 is 1.29 bits per heavy atom. The molecule has 0 radical (unpaired) electrons. The Kier molecular flexibility index (Phi) is 4.31. The van der Waals surface area contributed by atoms with Crippen LogP contribution >= 0.6 is 0 Å². The quantitative estimate of drug-likeness (QED) is 0.890. The van der Waals surface area contributed by atoms with E-state index in [9.17, 15) is 4.21 Å². The maximum Gasteiger partial charge on any atom is 0.127 e. The lowest BCUT2D eigenvalue weighted by Crippen LogP contribution is -2.40. The van der Waals surface area contributed by atoms with Crippen molar-refractivity contribution in [1.29, 1.82) is 0 Å². The van der Waals surface area contributed by atoms with Gasteiger partial charge in [0.15, 0.2) is 0 Å². The summed E-state index contributed by atoms with van der Waals surface area (Å²) in [5.41, 5.74) is 7.13. The van der Waals surface area contributed by atoms with Crippen LogP contribution < -0.4 is 5.73 Å². The van der Waals surface area contributed by atoms with Gasteiger partial charge in [-0.15, -0.1) is 0 Å². The van der Waals surface area contributed by atoms with E-state index in [0.717, 1.165) is 37.2 Å². The Balaban J connectivity index is 2.03. The smallest absolute Gasteiger partial charge is 0.127 e. The van der Waals surface area contributed by atoms with Crippen LogP contribution in [-0.2, 0) is 17.4 Å². The zero-order valence-corrected chi connectivity index (χ0v) is 11.1. The van der Waals surface area contributed by atoms with Crippen LogP contribution in [0.25, 0.3) is 0 Å². The summed E-state index contributed by atoms with van der Waals surface area (Å²) in [6.45, 7) is 3.80. The summed E-state index contributed by atoms with van der Waals surface area (Å²) in [5.74, 6) is 0. The molecule has 17 heavy (non-hydrogen) atoms. The highest BCUT2D eigenvalue weighted by Crippen LogP contribution is 2.17. The lowest BCUT2D eigenvalue weighted by molar-refractivity contribution is 0.334. The van der Waals surface area contributed by atoms with E-state index in [1.54, 1.807) is 0 Å². The number of piperidine rings is 1. The highest BCUT2D eigenvalue weighted by molar-refractivity contribution is 7.82. The third-order valence-corrected chi connectivity index (χ3v) is 4.78. The van der Waals surface area contributed by atoms with Gasteiger partial charge in [0.2, 0.25) is 0 Å². The normalized spacial score (nSPS) is 20.4. The molecule has 1 fully saturated rings. The van der Waals surface area contributed by atoms with Gasteiger partial charge in [0.05, 0.1) is 4.90 Å². The summed E-state index contributed by atoms with van der Waals surface area (Å²) in [6.07, 6.45) is 2.91. The third-order valence-electron chi connectivity index (χ3n) is 3.27. The van der Waals surface area contributed by atoms with Crippen LogP contribution in [0.4, 0.5) is 0 Å². The van der Waals surface area contributed by atoms with Gasteiger partial charge >= 0.3 is 0 Å². The molecule has 0 spiro atoms. The van der Waals surface area contributed by atoms with Crippen molar-refractivity contribution in [2.45, 2.75) is 37.1 Å². The second-order valence-corrected chi connectivity index (χ2v) is 6.00. The molecule has 0 aromatic heterocycles. The van der Waals surface area contributed by atoms with Crippen LogP contribution in [-0.4, -0.2) is 27.6 Å². The van der Waals surface area contributed by atoms with Crippen LogP contribution in [0.15, 0.2) is 29.2 Å². The molecule has 2 rings (SSSR count). The minimum atomic E-state index is -1.02. The standard InChI is InChI=1S/C13H20N2OS/c1-2-11-3-5-13(6-4-11)17(16)15-9-7-12(14)8-10-15/h3-6,12H,2,7-10,14H2,1H3. The zero-order valence-electron chi connectivity index (χ0n) is 10.3. The summed E-state index contributed by atoms with van der Waals surface area (Å²) in [7, 11) is -1.02. The van der Waals surface area contributed by atoms with E-state index in [0.29, 0.717) is 0 Å². The van der Waals surface area contributed by atoms with Crippen LogP contribution in [0.3, 0.4) is 0 Å². The molecule has 0 aliphatic carbocycles. The Morgan fingerprint density at radius 2 is 1.88 bits per heavy atom. The predicted molar refractivity (Wildman–Crippen MR) is 71.0 cm³/mol. The average Bonchev–Trinajstić information content (AvgIpc) is 2.39. The first-order valence-electron chi connectivity index (χ1n) is 6.22. The number of aryl methyl sites for hydroxylation is 1. The van der Waals surface area contributed by atoms with Crippen LogP contribution in [0.5, 0.6) is 0 Å². The van der Waals surface area contributed by atoms with Crippen molar-refractivity contribution in [3.05, 3.63) is 29.8 Å². The van der Waals surface area contributed by atoms with Gasteiger partial charge in [0.1, 0.15) is 11.0 Å². The van der Waals surface area contributed by atoms with Gasteiger partial charge < -0.3 is 5.73 Å². The van der Waals surface area contributed by atoms with E-state index in [2.05, 4.69) is 19.1 Å². The number of hydrogen-bond acceptors (Lipinski definition) is 2. The minimum Gasteiger partial charge on any atom is -0.328 e. The molecule has 1 aromatic rings. The molecular weight excluding hydrogens is 232 g/mol. The van der Waals surface area contributed by atoms with Gasteiger partial charge in [0, 0.05) is 19.1 Å². The van der Waals surface area contributed by atoms with Crippen molar-refractivity contribution < 1.29 is 4.21 Å². The second kappa shape index (κ2) is 5.76. The summed E-state index contributed by atoms with van der Waals surface area (Å²) >= 11 is 0. The summed E-state index contributed by atoms with van der Waals surface area (Å²) in [4.78, 5) is 0.901. The monoisotopic (exact) mass is 252 g/mol. The number of benzene rings is 1. The highest BCUT2D eigenvalue weighted by atomic mass is 32.2. The van der Waals surface area contributed by atoms with E-state index in [1.165, 1.54) is 5.56 Å². The molecule has 2 N–H and O–H groups in total. The van der Waals surface area contributed by atoms with Crippen LogP contribution in [0.1, 0.15) is 25.3 Å². The molecule has 0 bridgehead atoms. The highest BCUT2D eigenvalue weighted by Gasteiger charge is 2.21. The number of hydrogen-bond donors (Lipinski definition) is 1. The fourth-order valence-electron chi connectivity index (χ4n) is 2.03. The second-order valence-electron chi connectivity index (χ2n) is 4.51. The van der Waals surface area contributed by atoms with Gasteiger partial charge in [-0.25, -0.2) is 8.51 Å². The molecule has 1 atom stereocenters. The minimum absolute atomic E-state index is 0.283. The molecule has 0 saturated carbocycles. The first kappa shape index (κ1) is 12.7. The Hall–Kier alpha value is -0.710. The van der Waals surface area contributed by atoms with E-state index in [1.807, 2.05) is 16.4 Å². The molecule has 1 saturated heterocycles. The van der Waals surface area contributed by atoms with E-state index < -0.39 is 11.0 Å². The lowest BCUT2D eigenvalue weighted by Gasteiger charge is -2.28. The van der Waals surface area contributed by atoms with Gasteiger partial charge in [-0.3, -0.25) is 0 Å². The third kappa shape index (κ3) is 3.15. The SMILES string of the molecule is CCc1ccc(S(=O)N2CCC(N)CC2)cc1. The lowest BCUT2D eigenvalue weighted by atomic mass is 10.1. The summed E-state index contributed by atoms with van der Waals surface area (Å²) in [5, 5.41) is 0. The van der Waals surface area contributed by atoms with Crippen molar-refractivity contribution >= 4 is 11.0 Å². The fraction of sp³-hybridized carbons (Fsp3) is 0.538. The van der Waals surface area contributed by atoms with E-state index in [4.69, 9.17) is 5.73 Å². The first-order chi connectivity index (χ1) is 8.20. The topological polar surface area (TPSA) is 46.3 Å². The number of nitrogens with zero attached hydrogens (tertiary/aromatic N) is 1. The molecule has 0 amide bonds. The van der Waals surface area contributed by atoms with Crippen molar-refractivity contribution in [2.24, 2.45) is 5.73 Å². The van der Waals surface area contributed by atoms with Crippen LogP contribution in [0, 0.1) is 0 Å². The summed E-state index contributed by atoms with van der Waals surface area (Å²) < 4.78 is 14.3. The predicted octanol–water partition coefficient (Wildman–Crippen LogP) is 1.69. The molecule has 4 heteroatoms. The molecule has 1 aromatic carbocycles. The molecule has 1 aliphatic rings. The van der Waals surface area contributed by atoms with Crippen molar-refractivity contribution in [3.8, 4) is 0 Å². The molecular formula is C13H20N2OS. The zero-order chi connectivity index (χ0) is 12.3. The first-order valence-corrected chi connectivity index (χ1v) is 7.32. The Bertz CT molecular complexity index is 383. The van der Waals surface area contributed by atoms with E-state index in [-0.39, 0.29) is 6.04 Å². The molecule has 1 aliphatic heterocycles. The van der Waals surface area contributed by atoms with Gasteiger partial charge in [-0.1, -0.05) is 19.1 Å². The van der Waals surface area contributed by atoms with Crippen molar-refractivity contribution in [3.63, 3.8) is 0 Å². The summed E-state index contributed by atoms with van der Waals surface area (Å²) in [6, 6.07) is 8.35. The van der Waals surface area contributed by atoms with Gasteiger partial charge in [-0.2, -0.15) is 0 Å². The number of nitrogens with two attached hydrogens (primary N) is 1. The number of rotatable bonds is 3. The van der Waals surface area contributed by atoms with Gasteiger partial charge in [0.25, 0.3) is 0 Å². The molecule has 94 valence electrons. The fourth-order valence-corrected chi connectivity index (χ4v) is 3.24. The Labute approximate surface area is 106 Å². The maximum atomic E-state index is 12.3. The van der Waals surface area contributed by atoms with Gasteiger partial charge in [-0.05, 0) is 37.0 Å². The van der Waals surface area contributed by atoms with Crippen molar-refractivity contribution in [2.75, 3.05) is 13.1 Å².